The number of nitrogens with zero attached hydrogens (tertiary/aromatic N) is 3. The SMILES string of the molecule is C[C@@H](C(N)=S)C(O)(Cn1cncn1)c1cc(F)ccc1F.O=S(=O)(O)O. The summed E-state index contributed by atoms with van der Waals surface area (Å²) in [6.45, 7) is 1.38. The van der Waals surface area contributed by atoms with Gasteiger partial charge in [0.05, 0.1) is 11.5 Å². The largest absolute Gasteiger partial charge is 0.394 e. The average Bonchev–Trinajstić information content (AvgIpc) is 2.99. The Morgan fingerprint density at radius 2 is 2.00 bits per heavy atom. The van der Waals surface area contributed by atoms with Crippen molar-refractivity contribution in [1.82, 2.24) is 14.8 Å². The maximum atomic E-state index is 14.1. The van der Waals surface area contributed by atoms with Crippen molar-refractivity contribution in [2.24, 2.45) is 11.7 Å². The molecule has 2 atom stereocenters. The van der Waals surface area contributed by atoms with Gasteiger partial charge in [-0.25, -0.2) is 18.4 Å². The van der Waals surface area contributed by atoms with Crippen LogP contribution in [-0.4, -0.2) is 42.4 Å². The van der Waals surface area contributed by atoms with E-state index in [9.17, 15) is 13.9 Å². The molecule has 13 heteroatoms. The monoisotopic (exact) mass is 410 g/mol. The maximum Gasteiger partial charge on any atom is 0.394 e. The molecule has 5 N–H and O–H groups in total. The standard InChI is InChI=1S/C13H14F2N4OS.H2O4S/c1-8(12(16)21)13(20,5-19-7-17-6-18-19)10-4-9(14)2-3-11(10)15;1-5(2,3)4/h2-4,6-8,20H,5H2,1H3,(H2,16,21);(H2,1,2,3,4)/t8-,13?;/m0./s1. The Kier molecular flexibility index (Phi) is 7.23. The molecule has 0 aliphatic carbocycles. The number of rotatable bonds is 5. The van der Waals surface area contributed by atoms with Crippen molar-refractivity contribution in [3.63, 3.8) is 0 Å². The van der Waals surface area contributed by atoms with E-state index in [1.54, 1.807) is 6.92 Å². The highest BCUT2D eigenvalue weighted by Gasteiger charge is 2.40. The molecule has 0 fully saturated rings. The van der Waals surface area contributed by atoms with Crippen molar-refractivity contribution >= 4 is 27.6 Å². The van der Waals surface area contributed by atoms with Crippen LogP contribution in [-0.2, 0) is 22.5 Å². The van der Waals surface area contributed by atoms with E-state index in [-0.39, 0.29) is 17.1 Å². The lowest BCUT2D eigenvalue weighted by Crippen LogP contribution is -2.44. The highest BCUT2D eigenvalue weighted by atomic mass is 32.3. The highest BCUT2D eigenvalue weighted by molar-refractivity contribution is 7.80. The van der Waals surface area contributed by atoms with Crippen LogP contribution in [0.15, 0.2) is 30.9 Å². The lowest BCUT2D eigenvalue weighted by atomic mass is 9.81. The van der Waals surface area contributed by atoms with Crippen molar-refractivity contribution in [3.05, 3.63) is 48.1 Å². The van der Waals surface area contributed by atoms with Crippen molar-refractivity contribution in [2.45, 2.75) is 19.1 Å². The Bertz CT molecular complexity index is 855. The van der Waals surface area contributed by atoms with Crippen LogP contribution >= 0.6 is 12.2 Å². The second-order valence-corrected chi connectivity index (χ2v) is 6.58. The predicted molar refractivity (Wildman–Crippen MR) is 90.4 cm³/mol. The number of hydrogen-bond acceptors (Lipinski definition) is 6. The fourth-order valence-electron chi connectivity index (χ4n) is 2.08. The molecule has 1 heterocycles. The van der Waals surface area contributed by atoms with Crippen molar-refractivity contribution < 1.29 is 31.4 Å². The molecular weight excluding hydrogens is 394 g/mol. The van der Waals surface area contributed by atoms with Crippen LogP contribution in [0.1, 0.15) is 12.5 Å². The van der Waals surface area contributed by atoms with Gasteiger partial charge in [-0.3, -0.25) is 9.11 Å². The summed E-state index contributed by atoms with van der Waals surface area (Å²) >= 11 is 4.89. The molecule has 1 aromatic carbocycles. The fraction of sp³-hybridized carbons (Fsp3) is 0.308. The quantitative estimate of drug-likeness (QED) is 0.412. The first-order chi connectivity index (χ1) is 11.8. The molecule has 0 aliphatic heterocycles. The van der Waals surface area contributed by atoms with Crippen molar-refractivity contribution in [3.8, 4) is 0 Å². The third kappa shape index (κ3) is 6.34. The van der Waals surface area contributed by atoms with Gasteiger partial charge in [0.1, 0.15) is 29.9 Å². The lowest BCUT2D eigenvalue weighted by Gasteiger charge is -2.34. The van der Waals surface area contributed by atoms with Crippen molar-refractivity contribution in [1.29, 1.82) is 0 Å². The summed E-state index contributed by atoms with van der Waals surface area (Å²) in [5.41, 5.74) is 3.52. The minimum Gasteiger partial charge on any atom is -0.393 e. The van der Waals surface area contributed by atoms with Crippen LogP contribution in [0.3, 0.4) is 0 Å². The third-order valence-electron chi connectivity index (χ3n) is 3.41. The topological polar surface area (TPSA) is 152 Å². The molecule has 2 aromatic rings. The Balaban J connectivity index is 0.000000597. The Hall–Kier alpha value is -2.06. The Labute approximate surface area is 153 Å². The van der Waals surface area contributed by atoms with Crippen LogP contribution in [0.2, 0.25) is 0 Å². The molecule has 9 nitrogen and oxygen atoms in total. The first-order valence-corrected chi connectivity index (χ1v) is 8.64. The van der Waals surface area contributed by atoms with Crippen LogP contribution in [0, 0.1) is 17.6 Å². The third-order valence-corrected chi connectivity index (χ3v) is 3.76. The van der Waals surface area contributed by atoms with E-state index in [2.05, 4.69) is 10.1 Å². The number of halogens is 2. The van der Waals surface area contributed by atoms with Crippen LogP contribution < -0.4 is 5.73 Å². The van der Waals surface area contributed by atoms with Crippen LogP contribution in [0.25, 0.3) is 0 Å². The van der Waals surface area contributed by atoms with Gasteiger partial charge in [0.15, 0.2) is 0 Å². The number of aliphatic hydroxyl groups is 1. The number of benzene rings is 1. The summed E-state index contributed by atoms with van der Waals surface area (Å²) < 4.78 is 60.4. The minimum absolute atomic E-state index is 0.0127. The second-order valence-electron chi connectivity index (χ2n) is 5.21. The molecule has 0 saturated heterocycles. The molecule has 0 radical (unpaired) electrons. The molecule has 0 amide bonds. The number of thiocarbonyl (C=S) groups is 1. The smallest absolute Gasteiger partial charge is 0.393 e. The summed E-state index contributed by atoms with van der Waals surface area (Å²) in [6, 6.07) is 2.85. The molecule has 0 bridgehead atoms. The predicted octanol–water partition coefficient (Wildman–Crippen LogP) is 0.713. The summed E-state index contributed by atoms with van der Waals surface area (Å²) in [5.74, 6) is -2.21. The molecule has 0 aliphatic rings. The van der Waals surface area contributed by atoms with E-state index in [0.29, 0.717) is 0 Å². The van der Waals surface area contributed by atoms with Gasteiger partial charge >= 0.3 is 10.4 Å². The van der Waals surface area contributed by atoms with Crippen LogP contribution in [0.4, 0.5) is 8.78 Å². The number of hydrogen-bond donors (Lipinski definition) is 4. The second kappa shape index (κ2) is 8.55. The van der Waals surface area contributed by atoms with Gasteiger partial charge in [0, 0.05) is 11.5 Å². The molecule has 2 rings (SSSR count). The zero-order valence-electron chi connectivity index (χ0n) is 13.3. The number of nitrogens with two attached hydrogens (primary N) is 1. The molecule has 0 saturated carbocycles. The van der Waals surface area contributed by atoms with E-state index < -0.39 is 33.6 Å². The van der Waals surface area contributed by atoms with Gasteiger partial charge in [-0.05, 0) is 18.2 Å². The molecule has 144 valence electrons. The van der Waals surface area contributed by atoms with E-state index >= 15 is 0 Å². The van der Waals surface area contributed by atoms with Gasteiger partial charge in [0.2, 0.25) is 0 Å². The van der Waals surface area contributed by atoms with E-state index in [1.165, 1.54) is 17.3 Å². The first-order valence-electron chi connectivity index (χ1n) is 6.84. The fourth-order valence-corrected chi connectivity index (χ4v) is 2.28. The summed E-state index contributed by atoms with van der Waals surface area (Å²) in [5, 5.41) is 14.8. The van der Waals surface area contributed by atoms with Crippen molar-refractivity contribution in [2.75, 3.05) is 0 Å². The zero-order chi connectivity index (χ0) is 20.1. The first kappa shape index (κ1) is 22.0. The van der Waals surface area contributed by atoms with Gasteiger partial charge in [0.25, 0.3) is 0 Å². The molecule has 1 unspecified atom stereocenters. The zero-order valence-corrected chi connectivity index (χ0v) is 15.0. The Morgan fingerprint density at radius 1 is 1.42 bits per heavy atom. The minimum atomic E-state index is -4.67. The average molecular weight is 410 g/mol. The highest BCUT2D eigenvalue weighted by Crippen LogP contribution is 2.34. The molecule has 26 heavy (non-hydrogen) atoms. The van der Waals surface area contributed by atoms with Gasteiger partial charge < -0.3 is 10.8 Å². The lowest BCUT2D eigenvalue weighted by molar-refractivity contribution is -0.0155. The Morgan fingerprint density at radius 3 is 2.46 bits per heavy atom. The molecule has 1 aromatic heterocycles. The molecule has 0 spiro atoms. The van der Waals surface area contributed by atoms with Crippen LogP contribution in [0.5, 0.6) is 0 Å². The van der Waals surface area contributed by atoms with Gasteiger partial charge in [-0.2, -0.15) is 13.5 Å². The van der Waals surface area contributed by atoms with E-state index in [1.807, 2.05) is 0 Å². The van der Waals surface area contributed by atoms with E-state index in [4.69, 9.17) is 35.5 Å². The normalized spacial score (nSPS) is 14.7. The summed E-state index contributed by atoms with van der Waals surface area (Å²) in [7, 11) is -4.67. The van der Waals surface area contributed by atoms with Gasteiger partial charge in [-0.1, -0.05) is 19.1 Å². The van der Waals surface area contributed by atoms with E-state index in [0.717, 1.165) is 18.2 Å². The maximum absolute atomic E-state index is 14.1. The number of aromatic nitrogens is 3. The van der Waals surface area contributed by atoms with Gasteiger partial charge in [-0.15, -0.1) is 0 Å². The summed E-state index contributed by atoms with van der Waals surface area (Å²) in [4.78, 5) is 3.74. The molecular formula is C13H16F2N4O5S2. The summed E-state index contributed by atoms with van der Waals surface area (Å²) in [6.07, 6.45) is 2.63.